The van der Waals surface area contributed by atoms with Crippen LogP contribution in [0.1, 0.15) is 58.9 Å². The molecule has 1 aromatic carbocycles. The van der Waals surface area contributed by atoms with Crippen molar-refractivity contribution in [3.63, 3.8) is 0 Å². The van der Waals surface area contributed by atoms with E-state index >= 15 is 0 Å². The fourth-order valence-corrected chi connectivity index (χ4v) is 2.79. The summed E-state index contributed by atoms with van der Waals surface area (Å²) in [6.07, 6.45) is 1.73. The van der Waals surface area contributed by atoms with E-state index in [-0.39, 0.29) is 17.6 Å². The minimum absolute atomic E-state index is 0.0359. The van der Waals surface area contributed by atoms with Crippen molar-refractivity contribution in [1.82, 2.24) is 5.32 Å². The van der Waals surface area contributed by atoms with E-state index < -0.39 is 5.91 Å². The van der Waals surface area contributed by atoms with Gasteiger partial charge in [-0.1, -0.05) is 26.0 Å². The monoisotopic (exact) mass is 274 g/mol. The normalized spacial score (nSPS) is 19.8. The molecule has 1 amide bonds. The van der Waals surface area contributed by atoms with Crippen LogP contribution >= 0.6 is 0 Å². The van der Waals surface area contributed by atoms with Gasteiger partial charge >= 0.3 is 0 Å². The van der Waals surface area contributed by atoms with Gasteiger partial charge in [-0.3, -0.25) is 9.59 Å². The lowest BCUT2D eigenvalue weighted by Gasteiger charge is -2.19. The molecule has 0 bridgehead atoms. The lowest BCUT2D eigenvalue weighted by atomic mass is 9.84. The van der Waals surface area contributed by atoms with E-state index in [0.29, 0.717) is 11.1 Å². The van der Waals surface area contributed by atoms with Gasteiger partial charge in [0.25, 0.3) is 0 Å². The van der Waals surface area contributed by atoms with Gasteiger partial charge in [-0.15, -0.1) is 0 Å². The second-order valence-corrected chi connectivity index (χ2v) is 5.49. The minimum Gasteiger partial charge on any atom is -0.366 e. The third-order valence-corrected chi connectivity index (χ3v) is 4.17. The largest absolute Gasteiger partial charge is 0.366 e. The second-order valence-electron chi connectivity index (χ2n) is 5.49. The molecule has 1 aromatic rings. The van der Waals surface area contributed by atoms with Gasteiger partial charge in [0.05, 0.1) is 0 Å². The molecule has 2 rings (SSSR count). The first kappa shape index (κ1) is 14.7. The molecule has 0 spiro atoms. The zero-order valence-electron chi connectivity index (χ0n) is 12.1. The molecule has 4 heteroatoms. The first-order valence-corrected chi connectivity index (χ1v) is 7.23. The molecule has 0 saturated carbocycles. The molecule has 1 heterocycles. The SMILES string of the molecule is CCC(C)C(=O)c1cccc(C(N)=O)c1C1CCNC1. The minimum atomic E-state index is -0.453. The Hall–Kier alpha value is -1.68. The van der Waals surface area contributed by atoms with Crippen LogP contribution < -0.4 is 11.1 Å². The molecule has 2 unspecified atom stereocenters. The van der Waals surface area contributed by atoms with Crippen molar-refractivity contribution in [3.05, 3.63) is 34.9 Å². The van der Waals surface area contributed by atoms with Crippen molar-refractivity contribution < 1.29 is 9.59 Å². The van der Waals surface area contributed by atoms with Crippen LogP contribution in [0.25, 0.3) is 0 Å². The van der Waals surface area contributed by atoms with E-state index in [0.717, 1.165) is 31.5 Å². The van der Waals surface area contributed by atoms with Gasteiger partial charge < -0.3 is 11.1 Å². The summed E-state index contributed by atoms with van der Waals surface area (Å²) in [5, 5.41) is 3.28. The highest BCUT2D eigenvalue weighted by atomic mass is 16.1. The molecule has 0 radical (unpaired) electrons. The topological polar surface area (TPSA) is 72.2 Å². The number of primary amides is 1. The van der Waals surface area contributed by atoms with Crippen molar-refractivity contribution in [2.24, 2.45) is 11.7 Å². The van der Waals surface area contributed by atoms with Crippen LogP contribution in [-0.2, 0) is 0 Å². The molecular weight excluding hydrogens is 252 g/mol. The van der Waals surface area contributed by atoms with Gasteiger partial charge in [0, 0.05) is 23.6 Å². The highest BCUT2D eigenvalue weighted by Crippen LogP contribution is 2.30. The number of carbonyl (C=O) groups excluding carboxylic acids is 2. The van der Waals surface area contributed by atoms with Crippen molar-refractivity contribution in [2.45, 2.75) is 32.6 Å². The number of amides is 1. The molecule has 108 valence electrons. The number of ketones is 1. The number of benzene rings is 1. The summed E-state index contributed by atoms with van der Waals surface area (Å²) in [7, 11) is 0. The van der Waals surface area contributed by atoms with Gasteiger partial charge in [-0.2, -0.15) is 0 Å². The van der Waals surface area contributed by atoms with E-state index in [1.165, 1.54) is 0 Å². The van der Waals surface area contributed by atoms with Crippen LogP contribution in [0.15, 0.2) is 18.2 Å². The Morgan fingerprint density at radius 1 is 1.40 bits per heavy atom. The number of Topliss-reactive ketones (excluding diaryl/α,β-unsaturated/α-hetero) is 1. The summed E-state index contributed by atoms with van der Waals surface area (Å²) >= 11 is 0. The van der Waals surface area contributed by atoms with Crippen LogP contribution in [0.3, 0.4) is 0 Å². The number of hydrogen-bond acceptors (Lipinski definition) is 3. The summed E-state index contributed by atoms with van der Waals surface area (Å²) in [4.78, 5) is 24.2. The first-order valence-electron chi connectivity index (χ1n) is 7.23. The molecule has 1 saturated heterocycles. The maximum Gasteiger partial charge on any atom is 0.249 e. The van der Waals surface area contributed by atoms with Gasteiger partial charge in [0.15, 0.2) is 5.78 Å². The molecule has 4 nitrogen and oxygen atoms in total. The molecule has 1 aliphatic rings. The zero-order valence-corrected chi connectivity index (χ0v) is 12.1. The Bertz CT molecular complexity index is 519. The molecule has 0 aromatic heterocycles. The van der Waals surface area contributed by atoms with Crippen LogP contribution in [0, 0.1) is 5.92 Å². The predicted octanol–water partition coefficient (Wildman–Crippen LogP) is 2.09. The number of nitrogens with one attached hydrogen (secondary N) is 1. The molecule has 20 heavy (non-hydrogen) atoms. The van der Waals surface area contributed by atoms with Gasteiger partial charge in [0.1, 0.15) is 0 Å². The quantitative estimate of drug-likeness (QED) is 0.808. The van der Waals surface area contributed by atoms with E-state index in [2.05, 4.69) is 5.32 Å². The van der Waals surface area contributed by atoms with Gasteiger partial charge in [0.2, 0.25) is 5.91 Å². The lowest BCUT2D eigenvalue weighted by Crippen LogP contribution is -2.22. The molecule has 1 fully saturated rings. The summed E-state index contributed by atoms with van der Waals surface area (Å²) in [5.41, 5.74) is 7.50. The Morgan fingerprint density at radius 2 is 2.10 bits per heavy atom. The van der Waals surface area contributed by atoms with Crippen molar-refractivity contribution in [2.75, 3.05) is 13.1 Å². The van der Waals surface area contributed by atoms with E-state index in [9.17, 15) is 9.59 Å². The van der Waals surface area contributed by atoms with Gasteiger partial charge in [-0.25, -0.2) is 0 Å². The Balaban J connectivity index is 2.52. The smallest absolute Gasteiger partial charge is 0.249 e. The highest BCUT2D eigenvalue weighted by Gasteiger charge is 2.28. The average Bonchev–Trinajstić information content (AvgIpc) is 2.98. The van der Waals surface area contributed by atoms with Crippen LogP contribution in [-0.4, -0.2) is 24.8 Å². The Labute approximate surface area is 119 Å². The van der Waals surface area contributed by atoms with Crippen LogP contribution in [0.2, 0.25) is 0 Å². The van der Waals surface area contributed by atoms with Crippen molar-refractivity contribution in [3.8, 4) is 0 Å². The maximum absolute atomic E-state index is 12.6. The second kappa shape index (κ2) is 6.18. The summed E-state index contributed by atoms with van der Waals surface area (Å²) in [6.45, 7) is 5.63. The summed E-state index contributed by atoms with van der Waals surface area (Å²) in [5.74, 6) is -0.184. The summed E-state index contributed by atoms with van der Waals surface area (Å²) in [6, 6.07) is 5.31. The number of carbonyl (C=O) groups is 2. The molecular formula is C16H22N2O2. The number of nitrogens with two attached hydrogens (primary N) is 1. The highest BCUT2D eigenvalue weighted by molar-refractivity contribution is 6.03. The van der Waals surface area contributed by atoms with Crippen molar-refractivity contribution in [1.29, 1.82) is 0 Å². The van der Waals surface area contributed by atoms with Crippen LogP contribution in [0.5, 0.6) is 0 Å². The van der Waals surface area contributed by atoms with Crippen LogP contribution in [0.4, 0.5) is 0 Å². The zero-order chi connectivity index (χ0) is 14.7. The standard InChI is InChI=1S/C16H22N2O2/c1-3-10(2)15(19)12-5-4-6-13(16(17)20)14(12)11-7-8-18-9-11/h4-6,10-11,18H,3,7-9H2,1-2H3,(H2,17,20). The van der Waals surface area contributed by atoms with E-state index in [4.69, 9.17) is 5.73 Å². The third-order valence-electron chi connectivity index (χ3n) is 4.17. The molecule has 1 aliphatic heterocycles. The van der Waals surface area contributed by atoms with E-state index in [1.807, 2.05) is 19.9 Å². The average molecular weight is 274 g/mol. The number of rotatable bonds is 5. The maximum atomic E-state index is 12.6. The van der Waals surface area contributed by atoms with E-state index in [1.54, 1.807) is 12.1 Å². The first-order chi connectivity index (χ1) is 9.56. The third kappa shape index (κ3) is 2.75. The molecule has 0 aliphatic carbocycles. The van der Waals surface area contributed by atoms with Gasteiger partial charge in [-0.05, 0) is 36.9 Å². The molecule has 3 N–H and O–H groups in total. The fraction of sp³-hybridized carbons (Fsp3) is 0.500. The van der Waals surface area contributed by atoms with Crippen molar-refractivity contribution >= 4 is 11.7 Å². The number of hydrogen-bond donors (Lipinski definition) is 2. The lowest BCUT2D eigenvalue weighted by molar-refractivity contribution is 0.0926. The molecule has 2 atom stereocenters. The fourth-order valence-electron chi connectivity index (χ4n) is 2.79. The Morgan fingerprint density at radius 3 is 2.65 bits per heavy atom. The predicted molar refractivity (Wildman–Crippen MR) is 79.0 cm³/mol. The summed E-state index contributed by atoms with van der Waals surface area (Å²) < 4.78 is 0. The Kier molecular flexibility index (Phi) is 4.55.